The van der Waals surface area contributed by atoms with Crippen molar-refractivity contribution < 1.29 is 14.6 Å². The summed E-state index contributed by atoms with van der Waals surface area (Å²) in [6, 6.07) is 5.72. The molecule has 3 nitrogen and oxygen atoms in total. The Balaban J connectivity index is 2.66. The van der Waals surface area contributed by atoms with E-state index in [2.05, 4.69) is 0 Å². The number of hydrogen-bond donors (Lipinski definition) is 1. The van der Waals surface area contributed by atoms with E-state index in [1.807, 2.05) is 25.1 Å². The zero-order chi connectivity index (χ0) is 11.7. The maximum absolute atomic E-state index is 10.8. The van der Waals surface area contributed by atoms with Crippen LogP contribution in [0.15, 0.2) is 18.2 Å². The van der Waals surface area contributed by atoms with Crippen molar-refractivity contribution in [2.75, 3.05) is 7.11 Å². The fraction of sp³-hybridized carbons (Fsp3) is 0.250. The lowest BCUT2D eigenvalue weighted by molar-refractivity contribution is -0.136. The standard InChI is InChI=1S/C12H12O3S/c1-7-9(6-11(13)14)8-4-3-5-10(15-2)12(8)16-7/h3-5H,6H2,1-2H3,(H,13,14). The van der Waals surface area contributed by atoms with E-state index in [9.17, 15) is 4.79 Å². The maximum atomic E-state index is 10.8. The minimum atomic E-state index is -0.800. The smallest absolute Gasteiger partial charge is 0.307 e. The first-order chi connectivity index (χ1) is 7.63. The van der Waals surface area contributed by atoms with Crippen LogP contribution in [0.4, 0.5) is 0 Å². The molecule has 4 heteroatoms. The highest BCUT2D eigenvalue weighted by atomic mass is 32.1. The third-order valence-electron chi connectivity index (χ3n) is 2.53. The van der Waals surface area contributed by atoms with E-state index < -0.39 is 5.97 Å². The lowest BCUT2D eigenvalue weighted by Crippen LogP contribution is -2.00. The third kappa shape index (κ3) is 1.76. The van der Waals surface area contributed by atoms with Crippen molar-refractivity contribution in [1.29, 1.82) is 0 Å². The number of ether oxygens (including phenoxy) is 1. The van der Waals surface area contributed by atoms with Crippen LogP contribution in [0.1, 0.15) is 10.4 Å². The van der Waals surface area contributed by atoms with Gasteiger partial charge in [-0.1, -0.05) is 12.1 Å². The van der Waals surface area contributed by atoms with Crippen LogP contribution in [0.3, 0.4) is 0 Å². The second-order valence-electron chi connectivity index (χ2n) is 3.54. The summed E-state index contributed by atoms with van der Waals surface area (Å²) in [5, 5.41) is 9.86. The van der Waals surface area contributed by atoms with Gasteiger partial charge in [-0.25, -0.2) is 0 Å². The molecule has 0 unspecified atom stereocenters. The molecule has 0 fully saturated rings. The number of hydrogen-bond acceptors (Lipinski definition) is 3. The lowest BCUT2D eigenvalue weighted by atomic mass is 10.1. The molecule has 1 aromatic heterocycles. The summed E-state index contributed by atoms with van der Waals surface area (Å²) >= 11 is 1.58. The molecule has 0 saturated carbocycles. The highest BCUT2D eigenvalue weighted by molar-refractivity contribution is 7.19. The van der Waals surface area contributed by atoms with Gasteiger partial charge in [-0.15, -0.1) is 11.3 Å². The van der Waals surface area contributed by atoms with Crippen molar-refractivity contribution in [3.8, 4) is 5.75 Å². The minimum absolute atomic E-state index is 0.0685. The molecular formula is C12H12O3S. The Morgan fingerprint density at radius 1 is 1.50 bits per heavy atom. The molecule has 1 heterocycles. The van der Waals surface area contributed by atoms with Crippen molar-refractivity contribution in [2.45, 2.75) is 13.3 Å². The van der Waals surface area contributed by atoms with Crippen molar-refractivity contribution in [2.24, 2.45) is 0 Å². The topological polar surface area (TPSA) is 46.5 Å². The summed E-state index contributed by atoms with van der Waals surface area (Å²) < 4.78 is 6.29. The average molecular weight is 236 g/mol. The Bertz CT molecular complexity index is 542. The highest BCUT2D eigenvalue weighted by Crippen LogP contribution is 2.37. The number of fused-ring (bicyclic) bond motifs is 1. The molecule has 0 aliphatic heterocycles. The zero-order valence-corrected chi connectivity index (χ0v) is 9.93. The molecule has 0 amide bonds. The number of aryl methyl sites for hydroxylation is 1. The van der Waals surface area contributed by atoms with Crippen LogP contribution in [-0.2, 0) is 11.2 Å². The van der Waals surface area contributed by atoms with E-state index in [0.717, 1.165) is 26.3 Å². The van der Waals surface area contributed by atoms with Crippen molar-refractivity contribution in [3.05, 3.63) is 28.6 Å². The zero-order valence-electron chi connectivity index (χ0n) is 9.11. The summed E-state index contributed by atoms with van der Waals surface area (Å²) in [6.45, 7) is 1.95. The summed E-state index contributed by atoms with van der Waals surface area (Å²) in [6.07, 6.45) is 0.0685. The lowest BCUT2D eigenvalue weighted by Gasteiger charge is -2.01. The van der Waals surface area contributed by atoms with Crippen molar-refractivity contribution in [3.63, 3.8) is 0 Å². The predicted octanol–water partition coefficient (Wildman–Crippen LogP) is 2.85. The van der Waals surface area contributed by atoms with Gasteiger partial charge >= 0.3 is 5.97 Å². The van der Waals surface area contributed by atoms with E-state index in [0.29, 0.717) is 0 Å². The molecule has 0 spiro atoms. The first kappa shape index (κ1) is 11.0. The van der Waals surface area contributed by atoms with Crippen LogP contribution in [0.2, 0.25) is 0 Å². The van der Waals surface area contributed by atoms with Gasteiger partial charge in [-0.3, -0.25) is 4.79 Å². The summed E-state index contributed by atoms with van der Waals surface area (Å²) in [4.78, 5) is 11.8. The molecule has 0 aliphatic rings. The second-order valence-corrected chi connectivity index (χ2v) is 4.77. The van der Waals surface area contributed by atoms with Crippen LogP contribution in [0.25, 0.3) is 10.1 Å². The number of benzene rings is 1. The maximum Gasteiger partial charge on any atom is 0.307 e. The molecule has 0 aliphatic carbocycles. The van der Waals surface area contributed by atoms with Crippen LogP contribution in [0.5, 0.6) is 5.75 Å². The van der Waals surface area contributed by atoms with E-state index in [-0.39, 0.29) is 6.42 Å². The van der Waals surface area contributed by atoms with Crippen LogP contribution >= 0.6 is 11.3 Å². The van der Waals surface area contributed by atoms with Gasteiger partial charge < -0.3 is 9.84 Å². The van der Waals surface area contributed by atoms with Crippen molar-refractivity contribution in [1.82, 2.24) is 0 Å². The monoisotopic (exact) mass is 236 g/mol. The molecule has 2 aromatic rings. The number of aliphatic carboxylic acids is 1. The fourth-order valence-electron chi connectivity index (χ4n) is 1.79. The first-order valence-corrected chi connectivity index (χ1v) is 5.72. The fourth-order valence-corrected chi connectivity index (χ4v) is 2.96. The van der Waals surface area contributed by atoms with Gasteiger partial charge in [0, 0.05) is 10.3 Å². The molecule has 2 rings (SSSR count). The Morgan fingerprint density at radius 2 is 2.25 bits per heavy atom. The first-order valence-electron chi connectivity index (χ1n) is 4.90. The van der Waals surface area contributed by atoms with E-state index >= 15 is 0 Å². The average Bonchev–Trinajstić information content (AvgIpc) is 2.55. The van der Waals surface area contributed by atoms with Gasteiger partial charge in [0.15, 0.2) is 0 Å². The quantitative estimate of drug-likeness (QED) is 0.891. The summed E-state index contributed by atoms with van der Waals surface area (Å²) in [5.41, 5.74) is 0.895. The van der Waals surface area contributed by atoms with Crippen LogP contribution < -0.4 is 4.74 Å². The molecule has 16 heavy (non-hydrogen) atoms. The van der Waals surface area contributed by atoms with E-state index in [1.165, 1.54) is 0 Å². The Hall–Kier alpha value is -1.55. The largest absolute Gasteiger partial charge is 0.495 e. The number of methoxy groups -OCH3 is 1. The number of carboxylic acids is 1. The predicted molar refractivity (Wildman–Crippen MR) is 64.5 cm³/mol. The van der Waals surface area contributed by atoms with Gasteiger partial charge in [0.25, 0.3) is 0 Å². The summed E-state index contributed by atoms with van der Waals surface area (Å²) in [7, 11) is 1.63. The molecule has 0 bridgehead atoms. The summed E-state index contributed by atoms with van der Waals surface area (Å²) in [5.74, 6) is 0.00728. The third-order valence-corrected chi connectivity index (χ3v) is 3.71. The normalized spacial score (nSPS) is 10.6. The van der Waals surface area contributed by atoms with E-state index in [4.69, 9.17) is 9.84 Å². The highest BCUT2D eigenvalue weighted by Gasteiger charge is 2.14. The van der Waals surface area contributed by atoms with Crippen LogP contribution in [0, 0.1) is 6.92 Å². The molecule has 0 radical (unpaired) electrons. The molecule has 1 aromatic carbocycles. The Morgan fingerprint density at radius 3 is 2.88 bits per heavy atom. The van der Waals surface area contributed by atoms with Crippen molar-refractivity contribution >= 4 is 27.4 Å². The second kappa shape index (κ2) is 4.14. The Kier molecular flexibility index (Phi) is 2.83. The van der Waals surface area contributed by atoms with Gasteiger partial charge in [-0.2, -0.15) is 0 Å². The number of carboxylic acid groups (broad SMARTS) is 1. The minimum Gasteiger partial charge on any atom is -0.495 e. The molecule has 0 atom stereocenters. The molecule has 1 N–H and O–H groups in total. The van der Waals surface area contributed by atoms with Gasteiger partial charge in [0.05, 0.1) is 18.2 Å². The molecule has 84 valence electrons. The van der Waals surface area contributed by atoms with Gasteiger partial charge in [0.2, 0.25) is 0 Å². The Labute approximate surface area is 97.3 Å². The number of rotatable bonds is 3. The number of carbonyl (C=O) groups is 1. The van der Waals surface area contributed by atoms with Gasteiger partial charge in [-0.05, 0) is 18.6 Å². The van der Waals surface area contributed by atoms with E-state index in [1.54, 1.807) is 18.4 Å². The molecular weight excluding hydrogens is 224 g/mol. The SMILES string of the molecule is COc1cccc2c(CC(=O)O)c(C)sc12. The van der Waals surface area contributed by atoms with Crippen LogP contribution in [-0.4, -0.2) is 18.2 Å². The number of thiophene rings is 1. The molecule has 0 saturated heterocycles. The van der Waals surface area contributed by atoms with Gasteiger partial charge in [0.1, 0.15) is 5.75 Å².